The SMILES string of the molecule is CCn1c(=O)[nH]c2nc(C)[nH]c2c1=O. The lowest BCUT2D eigenvalue weighted by Gasteiger charge is -1.97. The van der Waals surface area contributed by atoms with E-state index in [4.69, 9.17) is 0 Å². The Morgan fingerprint density at radius 1 is 1.36 bits per heavy atom. The van der Waals surface area contributed by atoms with Gasteiger partial charge in [-0.2, -0.15) is 0 Å². The number of aromatic amines is 2. The van der Waals surface area contributed by atoms with E-state index in [9.17, 15) is 9.59 Å². The number of fused-ring (bicyclic) bond motifs is 1. The van der Waals surface area contributed by atoms with Gasteiger partial charge in [0, 0.05) is 6.54 Å². The van der Waals surface area contributed by atoms with Crippen molar-refractivity contribution in [3.63, 3.8) is 0 Å². The molecule has 0 fully saturated rings. The molecule has 0 aromatic carbocycles. The van der Waals surface area contributed by atoms with Gasteiger partial charge in [-0.1, -0.05) is 0 Å². The minimum absolute atomic E-state index is 0.321. The Morgan fingerprint density at radius 2 is 2.07 bits per heavy atom. The molecule has 0 spiro atoms. The summed E-state index contributed by atoms with van der Waals surface area (Å²) in [5.41, 5.74) is -0.0745. The van der Waals surface area contributed by atoms with Gasteiger partial charge < -0.3 is 4.98 Å². The van der Waals surface area contributed by atoms with E-state index in [2.05, 4.69) is 15.0 Å². The van der Waals surface area contributed by atoms with Gasteiger partial charge in [0.25, 0.3) is 5.56 Å². The standard InChI is InChI=1S/C8H10N4O2/c1-3-12-7(13)5-6(11-8(12)14)10-4(2)9-5/h3H2,1-2H3,(H,9,10)(H,11,14). The highest BCUT2D eigenvalue weighted by Crippen LogP contribution is 1.99. The summed E-state index contributed by atoms with van der Waals surface area (Å²) < 4.78 is 1.12. The first-order chi connectivity index (χ1) is 6.63. The fraction of sp³-hybridized carbons (Fsp3) is 0.375. The molecule has 2 aromatic heterocycles. The Balaban J connectivity index is 3.00. The zero-order valence-corrected chi connectivity index (χ0v) is 7.92. The highest BCUT2D eigenvalue weighted by Gasteiger charge is 2.08. The van der Waals surface area contributed by atoms with Crippen LogP contribution in [0.2, 0.25) is 0 Å². The lowest BCUT2D eigenvalue weighted by molar-refractivity contribution is 0.682. The van der Waals surface area contributed by atoms with Gasteiger partial charge in [-0.3, -0.25) is 14.3 Å². The Kier molecular flexibility index (Phi) is 1.77. The second-order valence-electron chi connectivity index (χ2n) is 3.03. The van der Waals surface area contributed by atoms with Crippen LogP contribution >= 0.6 is 0 Å². The Hall–Kier alpha value is -1.85. The monoisotopic (exact) mass is 194 g/mol. The van der Waals surface area contributed by atoms with Crippen molar-refractivity contribution in [1.29, 1.82) is 0 Å². The average Bonchev–Trinajstić information content (AvgIpc) is 2.47. The molecule has 0 aliphatic carbocycles. The molecule has 74 valence electrons. The topological polar surface area (TPSA) is 83.5 Å². The van der Waals surface area contributed by atoms with Crippen molar-refractivity contribution in [1.82, 2.24) is 19.5 Å². The molecular weight excluding hydrogens is 184 g/mol. The van der Waals surface area contributed by atoms with Gasteiger partial charge in [0.15, 0.2) is 5.65 Å². The maximum atomic E-state index is 11.7. The maximum Gasteiger partial charge on any atom is 0.330 e. The summed E-state index contributed by atoms with van der Waals surface area (Å²) in [6.07, 6.45) is 0. The lowest BCUT2D eigenvalue weighted by atomic mass is 10.5. The molecule has 0 aliphatic heterocycles. The molecule has 0 radical (unpaired) electrons. The highest BCUT2D eigenvalue weighted by molar-refractivity contribution is 5.68. The molecule has 0 unspecified atom stereocenters. The van der Waals surface area contributed by atoms with Gasteiger partial charge in [0.1, 0.15) is 11.3 Å². The average molecular weight is 194 g/mol. The number of aromatic nitrogens is 4. The molecule has 0 saturated carbocycles. The summed E-state index contributed by atoms with van der Waals surface area (Å²) in [6, 6.07) is 0. The molecule has 2 heterocycles. The summed E-state index contributed by atoms with van der Waals surface area (Å²) in [4.78, 5) is 32.3. The predicted molar refractivity (Wildman–Crippen MR) is 51.4 cm³/mol. The first kappa shape index (κ1) is 8.74. The van der Waals surface area contributed by atoms with Crippen LogP contribution in [0.5, 0.6) is 0 Å². The third-order valence-corrected chi connectivity index (χ3v) is 2.07. The van der Waals surface area contributed by atoms with Gasteiger partial charge in [0.05, 0.1) is 0 Å². The molecule has 0 aliphatic rings. The van der Waals surface area contributed by atoms with Crippen LogP contribution < -0.4 is 11.2 Å². The normalized spacial score (nSPS) is 11.0. The predicted octanol–water partition coefficient (Wildman–Crippen LogP) is -0.259. The smallest absolute Gasteiger partial charge is 0.330 e. The molecule has 0 amide bonds. The van der Waals surface area contributed by atoms with E-state index >= 15 is 0 Å². The van der Waals surface area contributed by atoms with Gasteiger partial charge >= 0.3 is 5.69 Å². The van der Waals surface area contributed by atoms with Crippen LogP contribution in [0.25, 0.3) is 11.2 Å². The van der Waals surface area contributed by atoms with E-state index in [0.29, 0.717) is 23.5 Å². The van der Waals surface area contributed by atoms with E-state index in [0.717, 1.165) is 4.57 Å². The van der Waals surface area contributed by atoms with Crippen molar-refractivity contribution in [2.75, 3.05) is 0 Å². The first-order valence-corrected chi connectivity index (χ1v) is 4.33. The molecule has 0 saturated heterocycles. The Labute approximate surface area is 78.6 Å². The zero-order chi connectivity index (χ0) is 10.3. The summed E-state index contributed by atoms with van der Waals surface area (Å²) >= 11 is 0. The summed E-state index contributed by atoms with van der Waals surface area (Å²) in [5, 5.41) is 0. The molecule has 0 atom stereocenters. The Bertz CT molecular complexity index is 589. The van der Waals surface area contributed by atoms with Crippen LogP contribution in [0.4, 0.5) is 0 Å². The quantitative estimate of drug-likeness (QED) is 0.656. The third kappa shape index (κ3) is 1.07. The molecule has 6 heteroatoms. The maximum absolute atomic E-state index is 11.7. The largest absolute Gasteiger partial charge is 0.336 e. The zero-order valence-electron chi connectivity index (χ0n) is 7.92. The molecule has 2 aromatic rings. The van der Waals surface area contributed by atoms with Gasteiger partial charge in [-0.05, 0) is 13.8 Å². The Morgan fingerprint density at radius 3 is 2.71 bits per heavy atom. The number of aryl methyl sites for hydroxylation is 1. The van der Waals surface area contributed by atoms with Gasteiger partial charge in [-0.15, -0.1) is 0 Å². The van der Waals surface area contributed by atoms with Crippen LogP contribution in [0, 0.1) is 6.92 Å². The molecule has 6 nitrogen and oxygen atoms in total. The molecule has 2 rings (SSSR count). The van der Waals surface area contributed by atoms with Crippen LogP contribution in [0.3, 0.4) is 0 Å². The number of hydrogen-bond donors (Lipinski definition) is 2. The lowest BCUT2D eigenvalue weighted by Crippen LogP contribution is -2.34. The fourth-order valence-corrected chi connectivity index (χ4v) is 1.42. The minimum atomic E-state index is -0.420. The third-order valence-electron chi connectivity index (χ3n) is 2.07. The van der Waals surface area contributed by atoms with E-state index < -0.39 is 5.69 Å². The fourth-order valence-electron chi connectivity index (χ4n) is 1.42. The van der Waals surface area contributed by atoms with Crippen LogP contribution in [-0.2, 0) is 6.54 Å². The van der Waals surface area contributed by atoms with E-state index in [-0.39, 0.29) is 5.56 Å². The number of imidazole rings is 1. The second-order valence-corrected chi connectivity index (χ2v) is 3.03. The van der Waals surface area contributed by atoms with Crippen molar-refractivity contribution in [2.24, 2.45) is 0 Å². The van der Waals surface area contributed by atoms with Crippen LogP contribution in [0.15, 0.2) is 9.59 Å². The number of rotatable bonds is 1. The second kappa shape index (κ2) is 2.83. The van der Waals surface area contributed by atoms with Gasteiger partial charge in [-0.25, -0.2) is 9.78 Å². The number of hydrogen-bond acceptors (Lipinski definition) is 3. The van der Waals surface area contributed by atoms with E-state index in [1.807, 2.05) is 0 Å². The van der Waals surface area contributed by atoms with Crippen LogP contribution in [-0.4, -0.2) is 19.5 Å². The number of nitrogens with zero attached hydrogens (tertiary/aromatic N) is 2. The van der Waals surface area contributed by atoms with Crippen LogP contribution in [0.1, 0.15) is 12.7 Å². The molecular formula is C8H10N4O2. The van der Waals surface area contributed by atoms with Crippen molar-refractivity contribution >= 4 is 11.2 Å². The minimum Gasteiger partial charge on any atom is -0.336 e. The molecule has 2 N–H and O–H groups in total. The number of H-pyrrole nitrogens is 2. The van der Waals surface area contributed by atoms with Gasteiger partial charge in [0.2, 0.25) is 0 Å². The molecule has 14 heavy (non-hydrogen) atoms. The number of nitrogens with one attached hydrogen (secondary N) is 2. The van der Waals surface area contributed by atoms with Crippen molar-refractivity contribution in [2.45, 2.75) is 20.4 Å². The van der Waals surface area contributed by atoms with E-state index in [1.165, 1.54) is 0 Å². The summed E-state index contributed by atoms with van der Waals surface area (Å²) in [6.45, 7) is 3.82. The van der Waals surface area contributed by atoms with Crippen molar-refractivity contribution < 1.29 is 0 Å². The highest BCUT2D eigenvalue weighted by atomic mass is 16.2. The van der Waals surface area contributed by atoms with Crippen molar-refractivity contribution in [3.8, 4) is 0 Å². The first-order valence-electron chi connectivity index (χ1n) is 4.33. The van der Waals surface area contributed by atoms with E-state index in [1.54, 1.807) is 13.8 Å². The summed E-state index contributed by atoms with van der Waals surface area (Å²) in [7, 11) is 0. The molecule has 0 bridgehead atoms. The van der Waals surface area contributed by atoms with Crippen molar-refractivity contribution in [3.05, 3.63) is 26.7 Å². The summed E-state index contributed by atoms with van der Waals surface area (Å²) in [5.74, 6) is 0.613.